The summed E-state index contributed by atoms with van der Waals surface area (Å²) < 4.78 is 10.7. The second-order valence-electron chi connectivity index (χ2n) is 3.09. The van der Waals surface area contributed by atoms with Crippen molar-refractivity contribution in [2.75, 3.05) is 32.9 Å². The van der Waals surface area contributed by atoms with Crippen LogP contribution in [0.5, 0.6) is 0 Å². The molecule has 0 saturated carbocycles. The number of allylic oxidation sites excluding steroid dienone is 2. The Bertz CT molecular complexity index is 205. The molecule has 0 N–H and O–H groups in total. The maximum atomic E-state index is 5.40. The third-order valence-corrected chi connectivity index (χ3v) is 2.09. The molecule has 0 atom stereocenters. The van der Waals surface area contributed by atoms with E-state index in [2.05, 4.69) is 11.1 Å². The molecule has 0 amide bonds. The summed E-state index contributed by atoms with van der Waals surface area (Å²) >= 11 is 0. The lowest BCUT2D eigenvalue weighted by Gasteiger charge is -2.25. The first-order valence-corrected chi connectivity index (χ1v) is 5.16. The van der Waals surface area contributed by atoms with E-state index >= 15 is 0 Å². The standard InChI is InChI=1S/C11H19NO2/c1-3-11(14-4-2)5-6-12-7-9-13-10-8-12/h3,5-6H,4,7-10H2,1-2H3/b6-5+,11-3-. The SMILES string of the molecule is C/C=C(/C=C/N1CCOCC1)OCC. The summed E-state index contributed by atoms with van der Waals surface area (Å²) in [5.41, 5.74) is 0. The molecule has 14 heavy (non-hydrogen) atoms. The van der Waals surface area contributed by atoms with Crippen molar-refractivity contribution in [2.45, 2.75) is 13.8 Å². The van der Waals surface area contributed by atoms with Crippen LogP contribution in [0.15, 0.2) is 24.1 Å². The summed E-state index contributed by atoms with van der Waals surface area (Å²) in [6.07, 6.45) is 6.06. The van der Waals surface area contributed by atoms with Gasteiger partial charge in [-0.25, -0.2) is 0 Å². The molecule has 0 unspecified atom stereocenters. The summed E-state index contributed by atoms with van der Waals surface area (Å²) in [5, 5.41) is 0. The van der Waals surface area contributed by atoms with Gasteiger partial charge in [-0.05, 0) is 26.0 Å². The fraction of sp³-hybridized carbons (Fsp3) is 0.636. The van der Waals surface area contributed by atoms with Crippen LogP contribution in [0.25, 0.3) is 0 Å². The molecular formula is C11H19NO2. The van der Waals surface area contributed by atoms with Crippen molar-refractivity contribution in [3.05, 3.63) is 24.1 Å². The smallest absolute Gasteiger partial charge is 0.116 e. The Morgan fingerprint density at radius 3 is 2.71 bits per heavy atom. The van der Waals surface area contributed by atoms with Gasteiger partial charge in [0, 0.05) is 19.3 Å². The maximum Gasteiger partial charge on any atom is 0.116 e. The van der Waals surface area contributed by atoms with Crippen molar-refractivity contribution in [3.63, 3.8) is 0 Å². The molecule has 0 aliphatic carbocycles. The molecular weight excluding hydrogens is 178 g/mol. The van der Waals surface area contributed by atoms with Crippen LogP contribution in [0.1, 0.15) is 13.8 Å². The molecule has 0 bridgehead atoms. The van der Waals surface area contributed by atoms with Gasteiger partial charge in [-0.3, -0.25) is 0 Å². The average Bonchev–Trinajstić information content (AvgIpc) is 2.25. The Kier molecular flexibility index (Phi) is 5.15. The zero-order chi connectivity index (χ0) is 10.2. The van der Waals surface area contributed by atoms with Gasteiger partial charge < -0.3 is 14.4 Å². The quantitative estimate of drug-likeness (QED) is 0.506. The Hall–Kier alpha value is -0.960. The monoisotopic (exact) mass is 197 g/mol. The molecule has 3 heteroatoms. The molecule has 1 fully saturated rings. The molecule has 1 aliphatic rings. The first kappa shape index (κ1) is 11.1. The number of rotatable bonds is 4. The highest BCUT2D eigenvalue weighted by atomic mass is 16.5. The van der Waals surface area contributed by atoms with Gasteiger partial charge in [0.15, 0.2) is 0 Å². The first-order chi connectivity index (χ1) is 6.86. The van der Waals surface area contributed by atoms with Crippen molar-refractivity contribution in [3.8, 4) is 0 Å². The average molecular weight is 197 g/mol. The molecule has 0 spiro atoms. The van der Waals surface area contributed by atoms with Crippen LogP contribution < -0.4 is 0 Å². The lowest BCUT2D eigenvalue weighted by molar-refractivity contribution is 0.0592. The van der Waals surface area contributed by atoms with Gasteiger partial charge in [0.1, 0.15) is 5.76 Å². The minimum absolute atomic E-state index is 0.715. The fourth-order valence-electron chi connectivity index (χ4n) is 1.30. The Morgan fingerprint density at radius 1 is 1.43 bits per heavy atom. The maximum absolute atomic E-state index is 5.40. The Morgan fingerprint density at radius 2 is 2.14 bits per heavy atom. The second kappa shape index (κ2) is 6.49. The Balaban J connectivity index is 2.35. The minimum atomic E-state index is 0.715. The van der Waals surface area contributed by atoms with Crippen molar-refractivity contribution in [1.82, 2.24) is 4.90 Å². The summed E-state index contributed by atoms with van der Waals surface area (Å²) in [6.45, 7) is 8.28. The summed E-state index contributed by atoms with van der Waals surface area (Å²) in [4.78, 5) is 2.24. The zero-order valence-electron chi connectivity index (χ0n) is 9.03. The molecule has 0 aromatic rings. The van der Waals surface area contributed by atoms with Gasteiger partial charge in [-0.1, -0.05) is 0 Å². The number of nitrogens with zero attached hydrogens (tertiary/aromatic N) is 1. The lowest BCUT2D eigenvalue weighted by atomic mass is 10.4. The topological polar surface area (TPSA) is 21.7 Å². The predicted octanol–water partition coefficient (Wildman–Crippen LogP) is 1.77. The van der Waals surface area contributed by atoms with E-state index in [1.54, 1.807) is 0 Å². The van der Waals surface area contributed by atoms with Crippen LogP contribution in [-0.4, -0.2) is 37.8 Å². The zero-order valence-corrected chi connectivity index (χ0v) is 9.03. The van der Waals surface area contributed by atoms with E-state index in [0.29, 0.717) is 6.61 Å². The van der Waals surface area contributed by atoms with Gasteiger partial charge in [-0.2, -0.15) is 0 Å². The Labute approximate surface area is 86.0 Å². The third-order valence-electron chi connectivity index (χ3n) is 2.09. The normalized spacial score (nSPS) is 19.0. The highest BCUT2D eigenvalue weighted by molar-refractivity contribution is 5.10. The van der Waals surface area contributed by atoms with E-state index in [1.807, 2.05) is 26.0 Å². The molecule has 3 nitrogen and oxygen atoms in total. The highest BCUT2D eigenvalue weighted by Gasteiger charge is 2.04. The molecule has 0 radical (unpaired) electrons. The van der Waals surface area contributed by atoms with E-state index in [1.165, 1.54) is 0 Å². The molecule has 1 rings (SSSR count). The molecule has 80 valence electrons. The highest BCUT2D eigenvalue weighted by Crippen LogP contribution is 2.03. The molecule has 1 saturated heterocycles. The summed E-state index contributed by atoms with van der Waals surface area (Å²) in [7, 11) is 0. The molecule has 1 heterocycles. The van der Waals surface area contributed by atoms with Gasteiger partial charge >= 0.3 is 0 Å². The molecule has 1 aliphatic heterocycles. The van der Waals surface area contributed by atoms with Crippen molar-refractivity contribution >= 4 is 0 Å². The number of morpholine rings is 1. The van der Waals surface area contributed by atoms with Crippen molar-refractivity contribution in [2.24, 2.45) is 0 Å². The van der Waals surface area contributed by atoms with E-state index in [-0.39, 0.29) is 0 Å². The third kappa shape index (κ3) is 3.83. The van der Waals surface area contributed by atoms with E-state index in [0.717, 1.165) is 32.1 Å². The predicted molar refractivity (Wildman–Crippen MR) is 56.9 cm³/mol. The van der Waals surface area contributed by atoms with Gasteiger partial charge in [-0.15, -0.1) is 0 Å². The van der Waals surface area contributed by atoms with Crippen molar-refractivity contribution in [1.29, 1.82) is 0 Å². The van der Waals surface area contributed by atoms with Crippen LogP contribution in [0.2, 0.25) is 0 Å². The largest absolute Gasteiger partial charge is 0.494 e. The summed E-state index contributed by atoms with van der Waals surface area (Å²) in [5.74, 6) is 0.930. The summed E-state index contributed by atoms with van der Waals surface area (Å²) in [6, 6.07) is 0. The van der Waals surface area contributed by atoms with Gasteiger partial charge in [0.05, 0.1) is 19.8 Å². The van der Waals surface area contributed by atoms with Gasteiger partial charge in [0.2, 0.25) is 0 Å². The minimum Gasteiger partial charge on any atom is -0.494 e. The number of ether oxygens (including phenoxy) is 2. The van der Waals surface area contributed by atoms with E-state index < -0.39 is 0 Å². The van der Waals surface area contributed by atoms with Crippen molar-refractivity contribution < 1.29 is 9.47 Å². The lowest BCUT2D eigenvalue weighted by Crippen LogP contribution is -2.32. The van der Waals surface area contributed by atoms with Gasteiger partial charge in [0.25, 0.3) is 0 Å². The van der Waals surface area contributed by atoms with Crippen LogP contribution in [-0.2, 0) is 9.47 Å². The van der Waals surface area contributed by atoms with Crippen LogP contribution in [0.3, 0.4) is 0 Å². The second-order valence-corrected chi connectivity index (χ2v) is 3.09. The molecule has 0 aromatic carbocycles. The van der Waals surface area contributed by atoms with Crippen LogP contribution >= 0.6 is 0 Å². The first-order valence-electron chi connectivity index (χ1n) is 5.16. The van der Waals surface area contributed by atoms with E-state index in [9.17, 15) is 0 Å². The molecule has 0 aromatic heterocycles. The number of hydrogen-bond acceptors (Lipinski definition) is 3. The number of hydrogen-bond donors (Lipinski definition) is 0. The fourth-order valence-corrected chi connectivity index (χ4v) is 1.30. The van der Waals surface area contributed by atoms with E-state index in [4.69, 9.17) is 9.47 Å². The van der Waals surface area contributed by atoms with Crippen LogP contribution in [0, 0.1) is 0 Å². The van der Waals surface area contributed by atoms with Crippen LogP contribution in [0.4, 0.5) is 0 Å².